The van der Waals surface area contributed by atoms with Crippen molar-refractivity contribution in [2.24, 2.45) is 0 Å². The van der Waals surface area contributed by atoms with E-state index in [1.165, 1.54) is 5.56 Å². The van der Waals surface area contributed by atoms with Crippen molar-refractivity contribution in [3.05, 3.63) is 29.3 Å². The standard InChI is InChI=1S/C21H24N4O3S/c1-12(2)13-8-16(19-22-6-7-29-19)18-17(9-13)23-20(28-18)24-10-14-4-3-5-15(11-24)25(14)21(26)27/h6-9,12,14-15H,3-5,10-11H2,1-2H3,(H,26,27). The summed E-state index contributed by atoms with van der Waals surface area (Å²) in [5, 5.41) is 12.5. The number of nitrogens with zero attached hydrogens (tertiary/aromatic N) is 4. The zero-order valence-corrected chi connectivity index (χ0v) is 17.4. The van der Waals surface area contributed by atoms with Gasteiger partial charge in [0.2, 0.25) is 0 Å². The average molecular weight is 413 g/mol. The summed E-state index contributed by atoms with van der Waals surface area (Å²) in [4.78, 5) is 24.7. The van der Waals surface area contributed by atoms with E-state index in [-0.39, 0.29) is 12.1 Å². The lowest BCUT2D eigenvalue weighted by Gasteiger charge is -2.48. The van der Waals surface area contributed by atoms with Gasteiger partial charge in [0, 0.05) is 24.7 Å². The molecule has 0 saturated carbocycles. The van der Waals surface area contributed by atoms with Gasteiger partial charge >= 0.3 is 6.09 Å². The van der Waals surface area contributed by atoms with E-state index in [1.807, 2.05) is 5.38 Å². The highest BCUT2D eigenvalue weighted by Crippen LogP contribution is 2.37. The minimum Gasteiger partial charge on any atom is -0.465 e. The van der Waals surface area contributed by atoms with Crippen LogP contribution >= 0.6 is 11.3 Å². The minimum absolute atomic E-state index is 0.000305. The monoisotopic (exact) mass is 412 g/mol. The van der Waals surface area contributed by atoms with Gasteiger partial charge in [0.05, 0.1) is 17.6 Å². The van der Waals surface area contributed by atoms with Gasteiger partial charge in [-0.25, -0.2) is 9.78 Å². The summed E-state index contributed by atoms with van der Waals surface area (Å²) >= 11 is 1.59. The van der Waals surface area contributed by atoms with Gasteiger partial charge in [-0.05, 0) is 42.9 Å². The van der Waals surface area contributed by atoms with Gasteiger partial charge in [0.15, 0.2) is 5.58 Å². The van der Waals surface area contributed by atoms with Gasteiger partial charge in [-0.15, -0.1) is 11.3 Å². The lowest BCUT2D eigenvalue weighted by Crippen LogP contribution is -2.62. The number of piperazine rings is 1. The van der Waals surface area contributed by atoms with Crippen LogP contribution in [0.25, 0.3) is 21.7 Å². The second-order valence-electron chi connectivity index (χ2n) is 8.24. The molecule has 2 atom stereocenters. The van der Waals surface area contributed by atoms with Crippen molar-refractivity contribution in [1.29, 1.82) is 0 Å². The molecule has 1 aromatic carbocycles. The summed E-state index contributed by atoms with van der Waals surface area (Å²) in [5.41, 5.74) is 3.77. The molecular weight excluding hydrogens is 388 g/mol. The quantitative estimate of drug-likeness (QED) is 0.666. The Balaban J connectivity index is 1.55. The maximum atomic E-state index is 11.7. The summed E-state index contributed by atoms with van der Waals surface area (Å²) in [6.07, 6.45) is 3.84. The molecule has 1 amide bonds. The molecule has 5 rings (SSSR count). The van der Waals surface area contributed by atoms with Crippen LogP contribution in [0.3, 0.4) is 0 Å². The highest BCUT2D eigenvalue weighted by molar-refractivity contribution is 7.13. The molecule has 152 valence electrons. The summed E-state index contributed by atoms with van der Waals surface area (Å²) < 4.78 is 6.27. The molecular formula is C21H24N4O3S. The van der Waals surface area contributed by atoms with Crippen molar-refractivity contribution in [1.82, 2.24) is 14.9 Å². The molecule has 0 radical (unpaired) electrons. The number of thiazole rings is 1. The fourth-order valence-electron chi connectivity index (χ4n) is 4.60. The number of anilines is 1. The van der Waals surface area contributed by atoms with Crippen molar-refractivity contribution in [3.8, 4) is 10.6 Å². The van der Waals surface area contributed by atoms with Gasteiger partial charge in [-0.3, -0.25) is 4.90 Å². The third-order valence-electron chi connectivity index (χ3n) is 6.05. The fourth-order valence-corrected chi connectivity index (χ4v) is 5.25. The van der Waals surface area contributed by atoms with Gasteiger partial charge in [-0.1, -0.05) is 13.8 Å². The van der Waals surface area contributed by atoms with Crippen LogP contribution < -0.4 is 4.90 Å². The lowest BCUT2D eigenvalue weighted by molar-refractivity contribution is 0.0593. The Morgan fingerprint density at radius 1 is 1.28 bits per heavy atom. The third-order valence-corrected chi connectivity index (χ3v) is 6.85. The predicted octanol–water partition coefficient (Wildman–Crippen LogP) is 4.80. The Labute approximate surface area is 173 Å². The van der Waals surface area contributed by atoms with Gasteiger partial charge in [-0.2, -0.15) is 4.98 Å². The van der Waals surface area contributed by atoms with Crippen LogP contribution in [-0.4, -0.2) is 51.2 Å². The molecule has 4 heterocycles. The first-order chi connectivity index (χ1) is 14.0. The summed E-state index contributed by atoms with van der Waals surface area (Å²) in [6, 6.07) is 4.83. The number of carbonyl (C=O) groups is 1. The topological polar surface area (TPSA) is 82.7 Å². The SMILES string of the molecule is CC(C)c1cc(-c2nccs2)c2oc(N3CC4CCCC(C3)N4C(=O)O)nc2c1. The van der Waals surface area contributed by atoms with Crippen LogP contribution in [-0.2, 0) is 0 Å². The number of aromatic nitrogens is 2. The molecule has 2 aliphatic heterocycles. The first kappa shape index (κ1) is 18.4. The van der Waals surface area contributed by atoms with Gasteiger partial charge < -0.3 is 14.4 Å². The zero-order valence-electron chi connectivity index (χ0n) is 16.5. The van der Waals surface area contributed by atoms with Crippen molar-refractivity contribution in [2.45, 2.75) is 51.1 Å². The smallest absolute Gasteiger partial charge is 0.407 e. The number of benzene rings is 1. The Bertz CT molecular complexity index is 1030. The fraction of sp³-hybridized carbons (Fsp3) is 0.476. The molecule has 29 heavy (non-hydrogen) atoms. The molecule has 2 fully saturated rings. The minimum atomic E-state index is -0.815. The highest BCUT2D eigenvalue weighted by Gasteiger charge is 2.41. The number of fused-ring (bicyclic) bond motifs is 3. The molecule has 2 saturated heterocycles. The second kappa shape index (κ2) is 7.02. The zero-order chi connectivity index (χ0) is 20.1. The molecule has 0 aliphatic carbocycles. The number of hydrogen-bond donors (Lipinski definition) is 1. The molecule has 2 aliphatic rings. The maximum Gasteiger partial charge on any atom is 0.407 e. The summed E-state index contributed by atoms with van der Waals surface area (Å²) in [7, 11) is 0. The van der Waals surface area contributed by atoms with E-state index in [1.54, 1.807) is 22.4 Å². The molecule has 7 nitrogen and oxygen atoms in total. The van der Waals surface area contributed by atoms with Crippen molar-refractivity contribution < 1.29 is 14.3 Å². The van der Waals surface area contributed by atoms with Gasteiger partial charge in [0.25, 0.3) is 6.01 Å². The molecule has 2 aromatic heterocycles. The van der Waals surface area contributed by atoms with E-state index in [9.17, 15) is 9.90 Å². The largest absolute Gasteiger partial charge is 0.465 e. The molecule has 1 N–H and O–H groups in total. The number of carboxylic acid groups (broad SMARTS) is 1. The Hall–Kier alpha value is -2.61. The van der Waals surface area contributed by atoms with E-state index >= 15 is 0 Å². The number of amides is 1. The van der Waals surface area contributed by atoms with Crippen molar-refractivity contribution in [3.63, 3.8) is 0 Å². The van der Waals surface area contributed by atoms with Crippen LogP contribution in [0.15, 0.2) is 28.1 Å². The van der Waals surface area contributed by atoms with E-state index < -0.39 is 6.09 Å². The van der Waals surface area contributed by atoms with E-state index in [2.05, 4.69) is 35.9 Å². The lowest BCUT2D eigenvalue weighted by atomic mass is 9.92. The first-order valence-corrected chi connectivity index (χ1v) is 11.0. The Morgan fingerprint density at radius 3 is 2.66 bits per heavy atom. The molecule has 0 spiro atoms. The average Bonchev–Trinajstić information content (AvgIpc) is 3.35. The van der Waals surface area contributed by atoms with Crippen LogP contribution in [0.2, 0.25) is 0 Å². The maximum absolute atomic E-state index is 11.7. The molecule has 3 aromatic rings. The van der Waals surface area contributed by atoms with Crippen molar-refractivity contribution >= 4 is 34.5 Å². The number of rotatable bonds is 3. The summed E-state index contributed by atoms with van der Waals surface area (Å²) in [6.45, 7) is 5.58. The number of piperidine rings is 1. The van der Waals surface area contributed by atoms with E-state index in [0.717, 1.165) is 40.9 Å². The van der Waals surface area contributed by atoms with E-state index in [0.29, 0.717) is 25.0 Å². The molecule has 8 heteroatoms. The normalized spacial score (nSPS) is 21.9. The predicted molar refractivity (Wildman–Crippen MR) is 113 cm³/mol. The Morgan fingerprint density at radius 2 is 2.03 bits per heavy atom. The highest BCUT2D eigenvalue weighted by atomic mass is 32.1. The van der Waals surface area contributed by atoms with Gasteiger partial charge in [0.1, 0.15) is 10.5 Å². The number of hydrogen-bond acceptors (Lipinski definition) is 6. The van der Waals surface area contributed by atoms with Crippen LogP contribution in [0.4, 0.5) is 10.8 Å². The van der Waals surface area contributed by atoms with Crippen LogP contribution in [0, 0.1) is 0 Å². The molecule has 2 bridgehead atoms. The van der Waals surface area contributed by atoms with E-state index in [4.69, 9.17) is 9.40 Å². The Kier molecular flexibility index (Phi) is 4.46. The first-order valence-electron chi connectivity index (χ1n) is 10.1. The summed E-state index contributed by atoms with van der Waals surface area (Å²) in [5.74, 6) is 0.372. The molecule has 2 unspecified atom stereocenters. The van der Waals surface area contributed by atoms with Crippen LogP contribution in [0.1, 0.15) is 44.6 Å². The number of oxazole rings is 1. The van der Waals surface area contributed by atoms with Crippen LogP contribution in [0.5, 0.6) is 0 Å². The van der Waals surface area contributed by atoms with Crippen molar-refractivity contribution in [2.75, 3.05) is 18.0 Å². The second-order valence-corrected chi connectivity index (χ2v) is 9.13. The third kappa shape index (κ3) is 3.15.